The maximum atomic E-state index is 9.80. The van der Waals surface area contributed by atoms with Crippen LogP contribution in [0, 0.1) is 5.92 Å². The monoisotopic (exact) mass is 389 g/mol. The lowest BCUT2D eigenvalue weighted by Gasteiger charge is -2.28. The van der Waals surface area contributed by atoms with Crippen molar-refractivity contribution in [2.75, 3.05) is 5.32 Å². The quantitative estimate of drug-likeness (QED) is 0.409. The fraction of sp³-hybridized carbons (Fsp3) is 0.261. The Balaban J connectivity index is 1.66. The molecule has 2 heterocycles. The zero-order chi connectivity index (χ0) is 20.6. The van der Waals surface area contributed by atoms with Crippen molar-refractivity contribution in [1.82, 2.24) is 15.6 Å². The van der Waals surface area contributed by atoms with E-state index < -0.39 is 6.23 Å². The SMILES string of the molecule is C=C=C(Nc1ccc(-c2cccnc2)cc1)C(C)C1=CC=NC(NC(O)CC)N1. The van der Waals surface area contributed by atoms with Crippen LogP contribution in [-0.4, -0.2) is 28.8 Å². The minimum Gasteiger partial charge on any atom is -0.379 e. The van der Waals surface area contributed by atoms with E-state index in [1.165, 1.54) is 0 Å². The summed E-state index contributed by atoms with van der Waals surface area (Å²) in [5.41, 5.74) is 7.97. The van der Waals surface area contributed by atoms with Crippen LogP contribution in [0.2, 0.25) is 0 Å². The fourth-order valence-corrected chi connectivity index (χ4v) is 3.00. The average molecular weight is 390 g/mol. The molecule has 1 aromatic heterocycles. The maximum Gasteiger partial charge on any atom is 0.175 e. The molecule has 2 aromatic rings. The van der Waals surface area contributed by atoms with E-state index in [-0.39, 0.29) is 12.2 Å². The molecule has 1 aliphatic rings. The Morgan fingerprint density at radius 1 is 1.28 bits per heavy atom. The van der Waals surface area contributed by atoms with Crippen molar-refractivity contribution in [2.24, 2.45) is 10.9 Å². The van der Waals surface area contributed by atoms with Crippen molar-refractivity contribution in [2.45, 2.75) is 32.8 Å². The van der Waals surface area contributed by atoms with Crippen molar-refractivity contribution < 1.29 is 5.11 Å². The number of nitrogens with one attached hydrogen (secondary N) is 3. The zero-order valence-electron chi connectivity index (χ0n) is 16.8. The minimum absolute atomic E-state index is 0.000296. The van der Waals surface area contributed by atoms with Gasteiger partial charge in [0.2, 0.25) is 0 Å². The average Bonchev–Trinajstić information content (AvgIpc) is 2.78. The molecule has 150 valence electrons. The topological polar surface area (TPSA) is 81.6 Å². The van der Waals surface area contributed by atoms with Crippen molar-refractivity contribution in [3.63, 3.8) is 0 Å². The largest absolute Gasteiger partial charge is 0.379 e. The van der Waals surface area contributed by atoms with Crippen LogP contribution >= 0.6 is 0 Å². The summed E-state index contributed by atoms with van der Waals surface area (Å²) in [5, 5.41) is 19.5. The van der Waals surface area contributed by atoms with E-state index in [0.717, 1.165) is 28.2 Å². The molecule has 0 spiro atoms. The Kier molecular flexibility index (Phi) is 6.98. The van der Waals surface area contributed by atoms with Crippen LogP contribution in [0.15, 0.2) is 83.6 Å². The van der Waals surface area contributed by atoms with E-state index in [9.17, 15) is 5.11 Å². The Morgan fingerprint density at radius 3 is 2.72 bits per heavy atom. The van der Waals surface area contributed by atoms with Gasteiger partial charge in [0.05, 0.1) is 5.70 Å². The molecule has 0 aliphatic carbocycles. The number of aromatic nitrogens is 1. The third-order valence-electron chi connectivity index (χ3n) is 4.78. The van der Waals surface area contributed by atoms with Gasteiger partial charge in [0.1, 0.15) is 6.23 Å². The molecule has 0 amide bonds. The Morgan fingerprint density at radius 2 is 2.07 bits per heavy atom. The molecule has 3 rings (SSSR count). The van der Waals surface area contributed by atoms with Crippen LogP contribution in [0.5, 0.6) is 0 Å². The summed E-state index contributed by atoms with van der Waals surface area (Å²) in [7, 11) is 0. The molecule has 6 nitrogen and oxygen atoms in total. The van der Waals surface area contributed by atoms with Crippen LogP contribution in [0.3, 0.4) is 0 Å². The normalized spacial score (nSPS) is 17.5. The second kappa shape index (κ2) is 9.85. The predicted octanol–water partition coefficient (Wildman–Crippen LogP) is 3.62. The Hall–Kier alpha value is -3.18. The molecule has 1 aliphatic heterocycles. The maximum absolute atomic E-state index is 9.80. The van der Waals surface area contributed by atoms with E-state index in [0.29, 0.717) is 6.42 Å². The number of nitrogens with zero attached hydrogens (tertiary/aromatic N) is 2. The molecule has 6 heteroatoms. The predicted molar refractivity (Wildman–Crippen MR) is 118 cm³/mol. The zero-order valence-corrected chi connectivity index (χ0v) is 16.8. The molecule has 0 saturated heterocycles. The number of hydrogen-bond donors (Lipinski definition) is 4. The summed E-state index contributed by atoms with van der Waals surface area (Å²) in [6.45, 7) is 7.82. The molecule has 29 heavy (non-hydrogen) atoms. The first kappa shape index (κ1) is 20.6. The molecular formula is C23H27N5O. The summed E-state index contributed by atoms with van der Waals surface area (Å²) in [6, 6.07) is 12.1. The first-order valence-corrected chi connectivity index (χ1v) is 9.72. The van der Waals surface area contributed by atoms with Gasteiger partial charge in [-0.25, -0.2) is 0 Å². The minimum atomic E-state index is -0.606. The summed E-state index contributed by atoms with van der Waals surface area (Å²) >= 11 is 0. The van der Waals surface area contributed by atoms with Gasteiger partial charge in [0, 0.05) is 35.9 Å². The number of rotatable bonds is 8. The second-order valence-corrected chi connectivity index (χ2v) is 6.81. The molecule has 0 saturated carbocycles. The summed E-state index contributed by atoms with van der Waals surface area (Å²) in [6.07, 6.45) is 6.92. The summed E-state index contributed by atoms with van der Waals surface area (Å²) < 4.78 is 0. The van der Waals surface area contributed by atoms with Gasteiger partial charge in [-0.1, -0.05) is 38.6 Å². The van der Waals surface area contributed by atoms with Crippen molar-refractivity contribution >= 4 is 11.9 Å². The second-order valence-electron chi connectivity index (χ2n) is 6.81. The number of allylic oxidation sites excluding steroid dienone is 1. The molecule has 3 atom stereocenters. The van der Waals surface area contributed by atoms with E-state index in [4.69, 9.17) is 0 Å². The molecule has 4 N–H and O–H groups in total. The van der Waals surface area contributed by atoms with Crippen LogP contribution in [0.4, 0.5) is 5.69 Å². The summed E-state index contributed by atoms with van der Waals surface area (Å²) in [4.78, 5) is 8.47. The van der Waals surface area contributed by atoms with Crippen LogP contribution in [-0.2, 0) is 0 Å². The Labute approximate surface area is 171 Å². The van der Waals surface area contributed by atoms with Gasteiger partial charge in [-0.05, 0) is 41.8 Å². The molecule has 0 bridgehead atoms. The molecule has 1 aromatic carbocycles. The van der Waals surface area contributed by atoms with Gasteiger partial charge in [-0.2, -0.15) is 0 Å². The lowest BCUT2D eigenvalue weighted by molar-refractivity contribution is 0.114. The first-order valence-electron chi connectivity index (χ1n) is 9.72. The van der Waals surface area contributed by atoms with Crippen molar-refractivity contribution in [3.05, 3.63) is 78.6 Å². The highest BCUT2D eigenvalue weighted by molar-refractivity contribution is 5.73. The molecule has 0 radical (unpaired) electrons. The molecule has 0 fully saturated rings. The molecule has 3 unspecified atom stereocenters. The highest BCUT2D eigenvalue weighted by Gasteiger charge is 2.20. The number of pyridine rings is 1. The van der Waals surface area contributed by atoms with E-state index in [1.807, 2.05) is 43.5 Å². The third-order valence-corrected chi connectivity index (χ3v) is 4.78. The highest BCUT2D eigenvalue weighted by atomic mass is 16.3. The van der Waals surface area contributed by atoms with Crippen LogP contribution < -0.4 is 16.0 Å². The van der Waals surface area contributed by atoms with Crippen LogP contribution in [0.1, 0.15) is 20.3 Å². The van der Waals surface area contributed by atoms with E-state index in [2.05, 4.69) is 57.3 Å². The third kappa shape index (κ3) is 5.42. The number of hydrogen-bond acceptors (Lipinski definition) is 6. The number of anilines is 1. The van der Waals surface area contributed by atoms with Crippen molar-refractivity contribution in [3.8, 4) is 11.1 Å². The fourth-order valence-electron chi connectivity index (χ4n) is 3.00. The van der Waals surface area contributed by atoms with Gasteiger partial charge < -0.3 is 15.7 Å². The smallest absolute Gasteiger partial charge is 0.175 e. The number of benzene rings is 1. The Bertz CT molecular complexity index is 914. The van der Waals surface area contributed by atoms with Gasteiger partial charge in [-0.3, -0.25) is 15.3 Å². The van der Waals surface area contributed by atoms with Gasteiger partial charge in [0.25, 0.3) is 0 Å². The number of aliphatic imine (C=N–C) groups is 1. The lowest BCUT2D eigenvalue weighted by atomic mass is 10.0. The molecular weight excluding hydrogens is 362 g/mol. The highest BCUT2D eigenvalue weighted by Crippen LogP contribution is 2.24. The van der Waals surface area contributed by atoms with Crippen LogP contribution in [0.25, 0.3) is 11.1 Å². The van der Waals surface area contributed by atoms with Gasteiger partial charge >= 0.3 is 0 Å². The van der Waals surface area contributed by atoms with Gasteiger partial charge in [-0.15, -0.1) is 5.73 Å². The number of aliphatic hydroxyl groups excluding tert-OH is 1. The standard InChI is InChI=1S/C23H27N5O/c1-4-20(16(3)21-12-14-25-23(27-21)28-22(29)5-2)26-19-10-8-17(9-11-19)18-7-6-13-24-15-18/h6-16,22-23,26-29H,1,5H2,2-3H3. The van der Waals surface area contributed by atoms with Gasteiger partial charge in [0.15, 0.2) is 6.29 Å². The first-order chi connectivity index (χ1) is 14.1. The lowest BCUT2D eigenvalue weighted by Crippen LogP contribution is -2.47. The van der Waals surface area contributed by atoms with E-state index in [1.54, 1.807) is 12.4 Å². The summed E-state index contributed by atoms with van der Waals surface area (Å²) in [5.74, 6) is 0.000296. The van der Waals surface area contributed by atoms with E-state index >= 15 is 0 Å². The van der Waals surface area contributed by atoms with Crippen molar-refractivity contribution in [1.29, 1.82) is 0 Å². The number of aliphatic hydroxyl groups is 1.